The highest BCUT2D eigenvalue weighted by Gasteiger charge is 2.44. The Kier molecular flexibility index (Phi) is 7.57. The Morgan fingerprint density at radius 2 is 1.97 bits per heavy atom. The first-order chi connectivity index (χ1) is 14.7. The molecule has 1 saturated carbocycles. The number of carbonyl (C=O) groups excluding carboxylic acids is 1. The SMILES string of the molecule is O=C(N[C@@H](Cc1ccccc1)C(O)CNOC1CCCC1)OC1COC2OCCC12. The quantitative estimate of drug-likeness (QED) is 0.525. The van der Waals surface area contributed by atoms with Gasteiger partial charge in [-0.1, -0.05) is 43.2 Å². The van der Waals surface area contributed by atoms with Crippen molar-refractivity contribution >= 4 is 6.09 Å². The van der Waals surface area contributed by atoms with Crippen molar-refractivity contribution in [2.45, 2.75) is 69.2 Å². The van der Waals surface area contributed by atoms with Gasteiger partial charge in [0.15, 0.2) is 6.29 Å². The number of aliphatic hydroxyl groups excluding tert-OH is 1. The molecule has 3 aliphatic rings. The van der Waals surface area contributed by atoms with Gasteiger partial charge < -0.3 is 24.6 Å². The molecule has 1 amide bonds. The second-order valence-electron chi connectivity index (χ2n) is 8.35. The molecule has 3 fully saturated rings. The molecule has 5 atom stereocenters. The molecule has 0 spiro atoms. The lowest BCUT2D eigenvalue weighted by Gasteiger charge is -2.26. The molecule has 0 radical (unpaired) electrons. The number of hydrogen-bond donors (Lipinski definition) is 3. The number of nitrogens with one attached hydrogen (secondary N) is 2. The van der Waals surface area contributed by atoms with Gasteiger partial charge in [0, 0.05) is 6.54 Å². The summed E-state index contributed by atoms with van der Waals surface area (Å²) in [6.45, 7) is 1.18. The molecule has 4 rings (SSSR count). The van der Waals surface area contributed by atoms with E-state index in [2.05, 4.69) is 10.8 Å². The van der Waals surface area contributed by atoms with Crippen LogP contribution in [0.3, 0.4) is 0 Å². The van der Waals surface area contributed by atoms with Crippen molar-refractivity contribution in [1.82, 2.24) is 10.8 Å². The van der Waals surface area contributed by atoms with E-state index in [1.54, 1.807) is 0 Å². The fourth-order valence-electron chi connectivity index (χ4n) is 4.42. The van der Waals surface area contributed by atoms with E-state index in [1.807, 2.05) is 30.3 Å². The minimum absolute atomic E-state index is 0.0784. The fraction of sp³-hybridized carbons (Fsp3) is 0.682. The highest BCUT2D eigenvalue weighted by atomic mass is 16.7. The first kappa shape index (κ1) is 21.5. The molecule has 2 heterocycles. The van der Waals surface area contributed by atoms with Crippen LogP contribution in [-0.2, 0) is 25.5 Å². The first-order valence-corrected chi connectivity index (χ1v) is 11.0. The zero-order valence-electron chi connectivity index (χ0n) is 17.2. The van der Waals surface area contributed by atoms with E-state index < -0.39 is 18.2 Å². The zero-order valence-corrected chi connectivity index (χ0v) is 17.2. The van der Waals surface area contributed by atoms with Crippen molar-refractivity contribution < 1.29 is 28.9 Å². The van der Waals surface area contributed by atoms with Crippen molar-refractivity contribution in [3.05, 3.63) is 35.9 Å². The van der Waals surface area contributed by atoms with E-state index in [1.165, 1.54) is 12.8 Å². The maximum atomic E-state index is 12.6. The lowest BCUT2D eigenvalue weighted by Crippen LogP contribution is -2.50. The number of alkyl carbamates (subject to hydrolysis) is 1. The number of amides is 1. The van der Waals surface area contributed by atoms with Crippen LogP contribution in [0.5, 0.6) is 0 Å². The van der Waals surface area contributed by atoms with Gasteiger partial charge in [0.05, 0.1) is 37.4 Å². The molecule has 0 bridgehead atoms. The van der Waals surface area contributed by atoms with E-state index in [9.17, 15) is 9.90 Å². The summed E-state index contributed by atoms with van der Waals surface area (Å²) < 4.78 is 16.6. The van der Waals surface area contributed by atoms with Gasteiger partial charge in [-0.2, -0.15) is 5.48 Å². The minimum Gasteiger partial charge on any atom is -0.443 e. The van der Waals surface area contributed by atoms with Crippen LogP contribution >= 0.6 is 0 Å². The molecule has 2 saturated heterocycles. The Hall–Kier alpha value is -1.71. The van der Waals surface area contributed by atoms with Gasteiger partial charge in [0.2, 0.25) is 0 Å². The van der Waals surface area contributed by atoms with Gasteiger partial charge in [0.1, 0.15) is 6.10 Å². The Labute approximate surface area is 177 Å². The number of carbonyl (C=O) groups is 1. The van der Waals surface area contributed by atoms with Crippen LogP contribution in [0.1, 0.15) is 37.7 Å². The molecule has 30 heavy (non-hydrogen) atoms. The van der Waals surface area contributed by atoms with E-state index in [-0.39, 0.29) is 31.0 Å². The van der Waals surface area contributed by atoms with Crippen LogP contribution in [0.25, 0.3) is 0 Å². The van der Waals surface area contributed by atoms with Crippen LogP contribution in [0, 0.1) is 5.92 Å². The Morgan fingerprint density at radius 1 is 1.17 bits per heavy atom. The van der Waals surface area contributed by atoms with Crippen molar-refractivity contribution in [2.75, 3.05) is 19.8 Å². The summed E-state index contributed by atoms with van der Waals surface area (Å²) in [4.78, 5) is 18.2. The van der Waals surface area contributed by atoms with Gasteiger partial charge in [-0.15, -0.1) is 0 Å². The van der Waals surface area contributed by atoms with Crippen LogP contribution < -0.4 is 10.8 Å². The molecule has 3 N–H and O–H groups in total. The number of rotatable bonds is 9. The Balaban J connectivity index is 1.31. The summed E-state index contributed by atoms with van der Waals surface area (Å²) >= 11 is 0. The van der Waals surface area contributed by atoms with E-state index in [4.69, 9.17) is 19.0 Å². The van der Waals surface area contributed by atoms with Crippen LogP contribution in [0.2, 0.25) is 0 Å². The maximum Gasteiger partial charge on any atom is 0.407 e. The van der Waals surface area contributed by atoms with Crippen LogP contribution in [-0.4, -0.2) is 61.6 Å². The fourth-order valence-corrected chi connectivity index (χ4v) is 4.42. The standard InChI is InChI=1S/C22H32N2O6/c25-19(13-23-30-16-8-4-5-9-16)18(12-15-6-2-1-3-7-15)24-22(26)29-20-14-28-21-17(20)10-11-27-21/h1-3,6-7,16-21,23,25H,4-5,8-14H2,(H,24,26)/t17?,18-,19?,20?,21?/m0/s1. The number of ether oxygens (including phenoxy) is 3. The van der Waals surface area contributed by atoms with Crippen molar-refractivity contribution in [3.8, 4) is 0 Å². The van der Waals surface area contributed by atoms with Crippen LogP contribution in [0.4, 0.5) is 4.79 Å². The van der Waals surface area contributed by atoms with E-state index in [0.29, 0.717) is 19.6 Å². The average molecular weight is 421 g/mol. The number of hydroxylamine groups is 1. The third kappa shape index (κ3) is 5.70. The molecule has 0 aromatic heterocycles. The molecule has 2 aliphatic heterocycles. The predicted molar refractivity (Wildman–Crippen MR) is 108 cm³/mol. The first-order valence-electron chi connectivity index (χ1n) is 11.0. The normalized spacial score (nSPS) is 28.2. The molecule has 1 aliphatic carbocycles. The molecular weight excluding hydrogens is 388 g/mol. The summed E-state index contributed by atoms with van der Waals surface area (Å²) in [5, 5.41) is 13.6. The maximum absolute atomic E-state index is 12.6. The van der Waals surface area contributed by atoms with Crippen molar-refractivity contribution in [2.24, 2.45) is 5.92 Å². The zero-order chi connectivity index (χ0) is 20.8. The van der Waals surface area contributed by atoms with Gasteiger partial charge in [0.25, 0.3) is 0 Å². The summed E-state index contributed by atoms with van der Waals surface area (Å²) in [6.07, 6.45) is 3.96. The Morgan fingerprint density at radius 3 is 2.77 bits per heavy atom. The molecule has 8 heteroatoms. The molecule has 4 unspecified atom stereocenters. The second-order valence-corrected chi connectivity index (χ2v) is 8.35. The third-order valence-corrected chi connectivity index (χ3v) is 6.15. The van der Waals surface area contributed by atoms with E-state index in [0.717, 1.165) is 24.8 Å². The topological polar surface area (TPSA) is 98.3 Å². The second kappa shape index (κ2) is 10.5. The lowest BCUT2D eigenvalue weighted by atomic mass is 10.0. The minimum atomic E-state index is -0.832. The molecular formula is C22H32N2O6. The monoisotopic (exact) mass is 420 g/mol. The summed E-state index contributed by atoms with van der Waals surface area (Å²) in [5.41, 5.74) is 3.91. The highest BCUT2D eigenvalue weighted by Crippen LogP contribution is 2.33. The van der Waals surface area contributed by atoms with E-state index >= 15 is 0 Å². The highest BCUT2D eigenvalue weighted by molar-refractivity contribution is 5.68. The smallest absolute Gasteiger partial charge is 0.407 e. The van der Waals surface area contributed by atoms with Crippen LogP contribution in [0.15, 0.2) is 30.3 Å². The number of fused-ring (bicyclic) bond motifs is 1. The number of aliphatic hydroxyl groups is 1. The summed E-state index contributed by atoms with van der Waals surface area (Å²) in [7, 11) is 0. The number of hydrogen-bond acceptors (Lipinski definition) is 7. The molecule has 166 valence electrons. The molecule has 1 aromatic carbocycles. The van der Waals surface area contributed by atoms with Gasteiger partial charge in [-0.3, -0.25) is 4.84 Å². The third-order valence-electron chi connectivity index (χ3n) is 6.15. The van der Waals surface area contributed by atoms with Crippen molar-refractivity contribution in [1.29, 1.82) is 0 Å². The summed E-state index contributed by atoms with van der Waals surface area (Å²) in [6, 6.07) is 9.25. The molecule has 8 nitrogen and oxygen atoms in total. The van der Waals surface area contributed by atoms with Crippen molar-refractivity contribution in [3.63, 3.8) is 0 Å². The van der Waals surface area contributed by atoms with Gasteiger partial charge >= 0.3 is 6.09 Å². The average Bonchev–Trinajstić information content (AvgIpc) is 3.48. The largest absolute Gasteiger partial charge is 0.443 e. The summed E-state index contributed by atoms with van der Waals surface area (Å²) in [5.74, 6) is 0.0784. The van der Waals surface area contributed by atoms with Gasteiger partial charge in [-0.25, -0.2) is 4.79 Å². The lowest BCUT2D eigenvalue weighted by molar-refractivity contribution is -0.0907. The van der Waals surface area contributed by atoms with Gasteiger partial charge in [-0.05, 0) is 31.2 Å². The predicted octanol–water partition coefficient (Wildman–Crippen LogP) is 1.91. The number of benzene rings is 1. The Bertz CT molecular complexity index is 669. The molecule has 1 aromatic rings.